The number of nitrogens with zero attached hydrogens (tertiary/aromatic N) is 2. The zero-order valence-electron chi connectivity index (χ0n) is 12.2. The number of alkyl halides is 1. The number of hydrogen-bond donors (Lipinski definition) is 0. The van der Waals surface area contributed by atoms with E-state index in [1.165, 1.54) is 0 Å². The molecule has 0 amide bonds. The van der Waals surface area contributed by atoms with Crippen molar-refractivity contribution in [2.45, 2.75) is 44.8 Å². The topological polar surface area (TPSA) is 25.2 Å². The molecule has 1 saturated heterocycles. The van der Waals surface area contributed by atoms with E-state index in [9.17, 15) is 9.18 Å². The standard InChI is InChI=1S/C15H23FN2O/c1-15(2,3)11-6-5-8-18(14(11)19)13-7-9-17(4)10-12(13)16/h5-6,8,12-13H,7,9-10H2,1-4H3. The molecule has 106 valence electrons. The fourth-order valence-electron chi connectivity index (χ4n) is 2.70. The Balaban J connectivity index is 2.39. The van der Waals surface area contributed by atoms with Gasteiger partial charge in [-0.1, -0.05) is 26.8 Å². The first-order valence-electron chi connectivity index (χ1n) is 6.85. The molecule has 2 unspecified atom stereocenters. The Morgan fingerprint density at radius 1 is 1.37 bits per heavy atom. The lowest BCUT2D eigenvalue weighted by Gasteiger charge is -2.34. The summed E-state index contributed by atoms with van der Waals surface area (Å²) in [5.41, 5.74) is 0.491. The Bertz CT molecular complexity index is 504. The number of aromatic nitrogens is 1. The average Bonchev–Trinajstić information content (AvgIpc) is 2.28. The molecule has 2 atom stereocenters. The van der Waals surface area contributed by atoms with Gasteiger partial charge >= 0.3 is 0 Å². The molecule has 1 aliphatic heterocycles. The minimum absolute atomic E-state index is 0.0489. The first-order chi connectivity index (χ1) is 8.80. The van der Waals surface area contributed by atoms with Crippen LogP contribution in [0.3, 0.4) is 0 Å². The molecule has 2 rings (SSSR count). The van der Waals surface area contributed by atoms with Crippen molar-refractivity contribution in [3.8, 4) is 0 Å². The van der Waals surface area contributed by atoms with E-state index in [2.05, 4.69) is 0 Å². The molecule has 3 nitrogen and oxygen atoms in total. The van der Waals surface area contributed by atoms with Crippen LogP contribution in [0, 0.1) is 0 Å². The van der Waals surface area contributed by atoms with Crippen molar-refractivity contribution in [1.82, 2.24) is 9.47 Å². The zero-order chi connectivity index (χ0) is 14.2. The molecule has 0 N–H and O–H groups in total. The van der Waals surface area contributed by atoms with Crippen molar-refractivity contribution in [3.63, 3.8) is 0 Å². The van der Waals surface area contributed by atoms with Gasteiger partial charge in [-0.2, -0.15) is 0 Å². The predicted octanol–water partition coefficient (Wildman–Crippen LogP) is 2.36. The number of hydrogen-bond acceptors (Lipinski definition) is 2. The fourth-order valence-corrected chi connectivity index (χ4v) is 2.70. The van der Waals surface area contributed by atoms with Gasteiger partial charge in [-0.25, -0.2) is 4.39 Å². The van der Waals surface area contributed by atoms with Crippen LogP contribution in [0.2, 0.25) is 0 Å². The van der Waals surface area contributed by atoms with Crippen molar-refractivity contribution in [1.29, 1.82) is 0 Å². The maximum Gasteiger partial charge on any atom is 0.254 e. The second kappa shape index (κ2) is 5.08. The van der Waals surface area contributed by atoms with Gasteiger partial charge in [0.1, 0.15) is 6.17 Å². The summed E-state index contributed by atoms with van der Waals surface area (Å²) in [7, 11) is 1.91. The Hall–Kier alpha value is -1.16. The molecule has 1 fully saturated rings. The predicted molar refractivity (Wildman–Crippen MR) is 75.4 cm³/mol. The van der Waals surface area contributed by atoms with Crippen LogP contribution in [0.5, 0.6) is 0 Å². The molecule has 4 heteroatoms. The third-order valence-corrected chi connectivity index (χ3v) is 3.85. The van der Waals surface area contributed by atoms with Gasteiger partial charge in [0.05, 0.1) is 6.04 Å². The van der Waals surface area contributed by atoms with E-state index < -0.39 is 6.17 Å². The SMILES string of the molecule is CN1CCC(n2cccc(C(C)(C)C)c2=O)C(F)C1. The molecule has 0 saturated carbocycles. The van der Waals surface area contributed by atoms with E-state index in [0.717, 1.165) is 12.1 Å². The zero-order valence-corrected chi connectivity index (χ0v) is 12.2. The molecule has 0 bridgehead atoms. The lowest BCUT2D eigenvalue weighted by molar-refractivity contribution is 0.105. The highest BCUT2D eigenvalue weighted by molar-refractivity contribution is 5.20. The van der Waals surface area contributed by atoms with Crippen LogP contribution in [0.1, 0.15) is 38.8 Å². The average molecular weight is 266 g/mol. The molecule has 1 aliphatic rings. The van der Waals surface area contributed by atoms with Crippen molar-refractivity contribution >= 4 is 0 Å². The Kier molecular flexibility index (Phi) is 3.81. The highest BCUT2D eigenvalue weighted by Crippen LogP contribution is 2.25. The summed E-state index contributed by atoms with van der Waals surface area (Å²) >= 11 is 0. The number of pyridine rings is 1. The van der Waals surface area contributed by atoms with Gasteiger partial charge in [0.25, 0.3) is 5.56 Å². The molecule has 19 heavy (non-hydrogen) atoms. The highest BCUT2D eigenvalue weighted by atomic mass is 19.1. The van der Waals surface area contributed by atoms with Crippen LogP contribution in [-0.4, -0.2) is 35.8 Å². The van der Waals surface area contributed by atoms with Gasteiger partial charge in [0, 0.05) is 24.8 Å². The molecule has 1 aromatic rings. The third-order valence-electron chi connectivity index (χ3n) is 3.85. The summed E-state index contributed by atoms with van der Waals surface area (Å²) in [5.74, 6) is 0. The molecular weight excluding hydrogens is 243 g/mol. The summed E-state index contributed by atoms with van der Waals surface area (Å²) in [6, 6.07) is 3.37. The van der Waals surface area contributed by atoms with Crippen LogP contribution < -0.4 is 5.56 Å². The number of likely N-dealkylation sites (tertiary alicyclic amines) is 1. The number of halogens is 1. The quantitative estimate of drug-likeness (QED) is 0.779. The van der Waals surface area contributed by atoms with Gasteiger partial charge in [-0.05, 0) is 24.9 Å². The number of piperidine rings is 1. The molecule has 1 aromatic heterocycles. The largest absolute Gasteiger partial charge is 0.309 e. The van der Waals surface area contributed by atoms with Gasteiger partial charge in [-0.3, -0.25) is 4.79 Å². The maximum atomic E-state index is 14.2. The monoisotopic (exact) mass is 266 g/mol. The number of rotatable bonds is 1. The van der Waals surface area contributed by atoms with E-state index in [0.29, 0.717) is 13.0 Å². The van der Waals surface area contributed by atoms with Gasteiger partial charge in [0.2, 0.25) is 0 Å². The Labute approximate surface area is 114 Å². The lowest BCUT2D eigenvalue weighted by Crippen LogP contribution is -2.44. The first kappa shape index (κ1) is 14.3. The summed E-state index contributed by atoms with van der Waals surface area (Å²) in [6.45, 7) is 7.26. The van der Waals surface area contributed by atoms with Gasteiger partial charge in [0.15, 0.2) is 0 Å². The minimum Gasteiger partial charge on any atom is -0.309 e. The Morgan fingerprint density at radius 3 is 2.63 bits per heavy atom. The van der Waals surface area contributed by atoms with Crippen molar-refractivity contribution < 1.29 is 4.39 Å². The summed E-state index contributed by atoms with van der Waals surface area (Å²) in [6.07, 6.45) is 1.43. The molecule has 0 aliphatic carbocycles. The van der Waals surface area contributed by atoms with Crippen LogP contribution in [0.15, 0.2) is 23.1 Å². The van der Waals surface area contributed by atoms with Gasteiger partial charge in [-0.15, -0.1) is 0 Å². The van der Waals surface area contributed by atoms with Crippen LogP contribution in [0.4, 0.5) is 4.39 Å². The smallest absolute Gasteiger partial charge is 0.254 e. The summed E-state index contributed by atoms with van der Waals surface area (Å²) < 4.78 is 15.8. The second-order valence-electron chi connectivity index (χ2n) is 6.52. The van der Waals surface area contributed by atoms with Crippen molar-refractivity contribution in [2.75, 3.05) is 20.1 Å². The van der Waals surface area contributed by atoms with E-state index in [1.54, 1.807) is 10.8 Å². The van der Waals surface area contributed by atoms with Crippen molar-refractivity contribution in [3.05, 3.63) is 34.2 Å². The molecule has 0 aromatic carbocycles. The maximum absolute atomic E-state index is 14.2. The third kappa shape index (κ3) is 2.89. The molecular formula is C15H23FN2O. The van der Waals surface area contributed by atoms with Crippen LogP contribution in [0.25, 0.3) is 0 Å². The van der Waals surface area contributed by atoms with E-state index in [4.69, 9.17) is 0 Å². The van der Waals surface area contributed by atoms with E-state index in [1.807, 2.05) is 44.9 Å². The summed E-state index contributed by atoms with van der Waals surface area (Å²) in [5, 5.41) is 0. The van der Waals surface area contributed by atoms with Gasteiger partial charge < -0.3 is 9.47 Å². The van der Waals surface area contributed by atoms with Crippen molar-refractivity contribution in [2.24, 2.45) is 0 Å². The summed E-state index contributed by atoms with van der Waals surface area (Å²) in [4.78, 5) is 14.5. The highest BCUT2D eigenvalue weighted by Gasteiger charge is 2.30. The van der Waals surface area contributed by atoms with Crippen LogP contribution in [-0.2, 0) is 5.41 Å². The van der Waals surface area contributed by atoms with E-state index >= 15 is 0 Å². The second-order valence-corrected chi connectivity index (χ2v) is 6.52. The normalized spacial score (nSPS) is 25.5. The minimum atomic E-state index is -0.980. The molecule has 0 spiro atoms. The molecule has 0 radical (unpaired) electrons. The van der Waals surface area contributed by atoms with E-state index in [-0.39, 0.29) is 17.0 Å². The molecule has 2 heterocycles. The first-order valence-corrected chi connectivity index (χ1v) is 6.85. The van der Waals surface area contributed by atoms with Crippen LogP contribution >= 0.6 is 0 Å². The fraction of sp³-hybridized carbons (Fsp3) is 0.667. The lowest BCUT2D eigenvalue weighted by atomic mass is 9.88. The Morgan fingerprint density at radius 2 is 2.05 bits per heavy atom.